The lowest BCUT2D eigenvalue weighted by Gasteiger charge is -2.09. The van der Waals surface area contributed by atoms with Gasteiger partial charge in [-0.2, -0.15) is 0 Å². The number of hydrogen-bond donors (Lipinski definition) is 0. The van der Waals surface area contributed by atoms with E-state index in [-0.39, 0.29) is 0 Å². The van der Waals surface area contributed by atoms with Gasteiger partial charge in [-0.15, -0.1) is 0 Å². The maximum Gasteiger partial charge on any atom is 0.345 e. The summed E-state index contributed by atoms with van der Waals surface area (Å²) in [5.41, 5.74) is -4.16. The standard InChI is InChI=1S/C12H13NO10/c1-20-8(14)5(9(15)21-2)6-7(13(18)19)12(6,10(16)22-3)11(17)23-4/h7H,1-4H3. The van der Waals surface area contributed by atoms with Crippen LogP contribution in [0.5, 0.6) is 0 Å². The fourth-order valence-corrected chi connectivity index (χ4v) is 2.27. The van der Waals surface area contributed by atoms with Crippen LogP contribution in [0, 0.1) is 15.5 Å². The molecule has 1 fully saturated rings. The molecule has 0 spiro atoms. The molecule has 0 aromatic heterocycles. The molecule has 1 aliphatic rings. The molecule has 1 atom stereocenters. The van der Waals surface area contributed by atoms with Gasteiger partial charge in [0.15, 0.2) is 5.57 Å². The van der Waals surface area contributed by atoms with Gasteiger partial charge in [-0.3, -0.25) is 19.7 Å². The number of carbonyl (C=O) groups excluding carboxylic acids is 4. The summed E-state index contributed by atoms with van der Waals surface area (Å²) in [6.07, 6.45) is 0. The van der Waals surface area contributed by atoms with Gasteiger partial charge in [0, 0.05) is 4.92 Å². The molecule has 0 radical (unpaired) electrons. The van der Waals surface area contributed by atoms with E-state index in [9.17, 15) is 29.3 Å². The quantitative estimate of drug-likeness (QED) is 0.112. The summed E-state index contributed by atoms with van der Waals surface area (Å²) >= 11 is 0. The van der Waals surface area contributed by atoms with Gasteiger partial charge >= 0.3 is 23.9 Å². The Morgan fingerprint density at radius 2 is 1.30 bits per heavy atom. The van der Waals surface area contributed by atoms with E-state index in [1.54, 1.807) is 0 Å². The lowest BCUT2D eigenvalue weighted by Crippen LogP contribution is -2.34. The van der Waals surface area contributed by atoms with Crippen LogP contribution in [0.1, 0.15) is 0 Å². The van der Waals surface area contributed by atoms with Crippen LogP contribution in [0.15, 0.2) is 11.1 Å². The predicted octanol–water partition coefficient (Wildman–Crippen LogP) is -1.38. The van der Waals surface area contributed by atoms with Crippen LogP contribution < -0.4 is 0 Å². The van der Waals surface area contributed by atoms with Crippen molar-refractivity contribution in [2.24, 2.45) is 5.41 Å². The average Bonchev–Trinajstić information content (AvgIpc) is 3.23. The van der Waals surface area contributed by atoms with Crippen LogP contribution in [-0.2, 0) is 38.1 Å². The fraction of sp³-hybridized carbons (Fsp3) is 0.500. The second-order valence-corrected chi connectivity index (χ2v) is 4.25. The van der Waals surface area contributed by atoms with Crippen LogP contribution in [0.4, 0.5) is 0 Å². The number of rotatable bonds is 5. The van der Waals surface area contributed by atoms with Crippen molar-refractivity contribution in [1.29, 1.82) is 0 Å². The van der Waals surface area contributed by atoms with E-state index in [1.807, 2.05) is 0 Å². The third kappa shape index (κ3) is 2.49. The van der Waals surface area contributed by atoms with Gasteiger partial charge in [-0.1, -0.05) is 0 Å². The third-order valence-electron chi connectivity index (χ3n) is 3.30. The molecule has 1 rings (SSSR count). The summed E-state index contributed by atoms with van der Waals surface area (Å²) in [6, 6.07) is -2.00. The SMILES string of the molecule is COC(=O)C(C(=O)OC)=C1C([N+](=O)[O-])C1(C(=O)OC)C(=O)OC. The van der Waals surface area contributed by atoms with Gasteiger partial charge in [0.2, 0.25) is 0 Å². The van der Waals surface area contributed by atoms with E-state index in [4.69, 9.17) is 0 Å². The molecule has 0 amide bonds. The molecule has 0 aliphatic heterocycles. The molecule has 1 aliphatic carbocycles. The van der Waals surface area contributed by atoms with E-state index in [0.717, 1.165) is 28.4 Å². The van der Waals surface area contributed by atoms with Crippen LogP contribution >= 0.6 is 0 Å². The predicted molar refractivity (Wildman–Crippen MR) is 68.3 cm³/mol. The number of ether oxygens (including phenoxy) is 4. The minimum atomic E-state index is -2.54. The zero-order valence-corrected chi connectivity index (χ0v) is 12.6. The number of hydrogen-bond acceptors (Lipinski definition) is 10. The molecule has 23 heavy (non-hydrogen) atoms. The maximum absolute atomic E-state index is 12.0. The summed E-state index contributed by atoms with van der Waals surface area (Å²) < 4.78 is 17.5. The minimum Gasteiger partial charge on any atom is -0.468 e. The molecule has 0 heterocycles. The maximum atomic E-state index is 12.0. The Balaban J connectivity index is 3.75. The Labute approximate surface area is 129 Å². The van der Waals surface area contributed by atoms with Gasteiger partial charge in [0.25, 0.3) is 11.5 Å². The molecule has 0 N–H and O–H groups in total. The number of nitrogens with zero attached hydrogens (tertiary/aromatic N) is 1. The number of nitro groups is 1. The summed E-state index contributed by atoms with van der Waals surface area (Å²) in [7, 11) is 3.59. The molecule has 126 valence electrons. The number of esters is 4. The van der Waals surface area contributed by atoms with Crippen molar-refractivity contribution in [3.05, 3.63) is 21.3 Å². The van der Waals surface area contributed by atoms with Gasteiger partial charge < -0.3 is 18.9 Å². The highest BCUT2D eigenvalue weighted by Crippen LogP contribution is 2.57. The first-order valence-electron chi connectivity index (χ1n) is 5.97. The van der Waals surface area contributed by atoms with E-state index in [1.165, 1.54) is 0 Å². The van der Waals surface area contributed by atoms with Gasteiger partial charge in [-0.25, -0.2) is 9.59 Å². The van der Waals surface area contributed by atoms with Crippen molar-refractivity contribution in [3.63, 3.8) is 0 Å². The second kappa shape index (κ2) is 6.42. The van der Waals surface area contributed by atoms with Crippen LogP contribution in [0.3, 0.4) is 0 Å². The fourth-order valence-electron chi connectivity index (χ4n) is 2.27. The van der Waals surface area contributed by atoms with Gasteiger partial charge in [0.05, 0.1) is 34.0 Å². The largest absolute Gasteiger partial charge is 0.468 e. The highest BCUT2D eigenvalue weighted by Gasteiger charge is 2.83. The van der Waals surface area contributed by atoms with Gasteiger partial charge in [-0.05, 0) is 0 Å². The molecule has 0 aromatic rings. The molecule has 0 aromatic carbocycles. The zero-order valence-electron chi connectivity index (χ0n) is 12.6. The molecular weight excluding hydrogens is 318 g/mol. The van der Waals surface area contributed by atoms with E-state index in [2.05, 4.69) is 18.9 Å². The van der Waals surface area contributed by atoms with Crippen molar-refractivity contribution in [2.75, 3.05) is 28.4 Å². The molecule has 0 saturated heterocycles. The Morgan fingerprint density at radius 1 is 0.913 bits per heavy atom. The first kappa shape index (κ1) is 18.1. The number of methoxy groups -OCH3 is 4. The molecular formula is C12H13NO10. The lowest BCUT2D eigenvalue weighted by molar-refractivity contribution is -0.496. The first-order chi connectivity index (χ1) is 10.7. The highest BCUT2D eigenvalue weighted by molar-refractivity contribution is 6.21. The first-order valence-corrected chi connectivity index (χ1v) is 5.97. The van der Waals surface area contributed by atoms with Crippen LogP contribution in [0.25, 0.3) is 0 Å². The summed E-state index contributed by atoms with van der Waals surface area (Å²) in [6.45, 7) is 0. The molecule has 1 saturated carbocycles. The van der Waals surface area contributed by atoms with Crippen molar-refractivity contribution < 1.29 is 43.0 Å². The van der Waals surface area contributed by atoms with Crippen LogP contribution in [-0.4, -0.2) is 63.3 Å². The van der Waals surface area contributed by atoms with E-state index in [0.29, 0.717) is 0 Å². The lowest BCUT2D eigenvalue weighted by atomic mass is 10.0. The third-order valence-corrected chi connectivity index (χ3v) is 3.30. The Bertz CT molecular complexity index is 585. The highest BCUT2D eigenvalue weighted by atomic mass is 16.6. The smallest absolute Gasteiger partial charge is 0.345 e. The second-order valence-electron chi connectivity index (χ2n) is 4.25. The molecule has 1 unspecified atom stereocenters. The van der Waals surface area contributed by atoms with Crippen molar-refractivity contribution in [1.82, 2.24) is 0 Å². The topological polar surface area (TPSA) is 148 Å². The normalized spacial score (nSPS) is 17.6. The number of carbonyl (C=O) groups is 4. The zero-order chi connectivity index (χ0) is 17.9. The minimum absolute atomic E-state index is 0.695. The van der Waals surface area contributed by atoms with Crippen molar-refractivity contribution in [2.45, 2.75) is 6.04 Å². The Hall–Kier alpha value is -2.98. The average molecular weight is 331 g/mol. The molecule has 11 heteroatoms. The Kier molecular flexibility index (Phi) is 5.04. The molecule has 11 nitrogen and oxygen atoms in total. The van der Waals surface area contributed by atoms with Crippen LogP contribution in [0.2, 0.25) is 0 Å². The monoisotopic (exact) mass is 331 g/mol. The van der Waals surface area contributed by atoms with E-state index < -0.39 is 51.4 Å². The Morgan fingerprint density at radius 3 is 1.57 bits per heavy atom. The van der Waals surface area contributed by atoms with Crippen molar-refractivity contribution in [3.8, 4) is 0 Å². The van der Waals surface area contributed by atoms with Gasteiger partial charge in [0.1, 0.15) is 0 Å². The summed E-state index contributed by atoms with van der Waals surface area (Å²) in [5.74, 6) is -5.28. The summed E-state index contributed by atoms with van der Waals surface area (Å²) in [5, 5.41) is 11.2. The molecule has 0 bridgehead atoms. The summed E-state index contributed by atoms with van der Waals surface area (Å²) in [4.78, 5) is 57.7. The van der Waals surface area contributed by atoms with E-state index >= 15 is 0 Å². The van der Waals surface area contributed by atoms with Crippen molar-refractivity contribution >= 4 is 23.9 Å².